The summed E-state index contributed by atoms with van der Waals surface area (Å²) in [6.07, 6.45) is -0.0428. The molecule has 0 fully saturated rings. The van der Waals surface area contributed by atoms with E-state index >= 15 is 0 Å². The Bertz CT molecular complexity index is 179. The van der Waals surface area contributed by atoms with Gasteiger partial charge in [-0.3, -0.25) is 0 Å². The van der Waals surface area contributed by atoms with Crippen molar-refractivity contribution in [1.82, 2.24) is 0 Å². The summed E-state index contributed by atoms with van der Waals surface area (Å²) in [4.78, 5) is 11.2. The highest BCUT2D eigenvalue weighted by molar-refractivity contribution is 5.78. The lowest BCUT2D eigenvalue weighted by molar-refractivity contribution is -0.168. The molecule has 0 amide bonds. The lowest BCUT2D eigenvalue weighted by Gasteiger charge is -2.27. The van der Waals surface area contributed by atoms with Gasteiger partial charge in [-0.1, -0.05) is 0 Å². The number of hydrogen-bond acceptors (Lipinski definition) is 4. The zero-order valence-corrected chi connectivity index (χ0v) is 8.63. The van der Waals surface area contributed by atoms with E-state index in [9.17, 15) is 15.0 Å². The minimum absolute atomic E-state index is 0.0428. The third-order valence-corrected chi connectivity index (χ3v) is 1.49. The Kier molecular flexibility index (Phi) is 3.88. The van der Waals surface area contributed by atoms with Crippen LogP contribution in [0.15, 0.2) is 0 Å². The van der Waals surface area contributed by atoms with E-state index in [0.29, 0.717) is 0 Å². The average molecular weight is 190 g/mol. The molecule has 2 N–H and O–H groups in total. The molecule has 0 saturated carbocycles. The lowest BCUT2D eigenvalue weighted by Crippen LogP contribution is -2.43. The summed E-state index contributed by atoms with van der Waals surface area (Å²) < 4.78 is 4.65. The summed E-state index contributed by atoms with van der Waals surface area (Å²) in [7, 11) is 0. The third kappa shape index (κ3) is 4.85. The van der Waals surface area contributed by atoms with Gasteiger partial charge in [0.15, 0.2) is 5.60 Å². The van der Waals surface area contributed by atoms with Crippen molar-refractivity contribution in [3.05, 3.63) is 0 Å². The molecule has 13 heavy (non-hydrogen) atoms. The maximum atomic E-state index is 11.2. The molecule has 0 aliphatic carbocycles. The minimum Gasteiger partial charge on any atom is -0.464 e. The highest BCUT2D eigenvalue weighted by Crippen LogP contribution is 2.21. The van der Waals surface area contributed by atoms with Gasteiger partial charge < -0.3 is 14.9 Å². The number of carbonyl (C=O) groups is 1. The van der Waals surface area contributed by atoms with Crippen molar-refractivity contribution in [2.45, 2.75) is 45.3 Å². The van der Waals surface area contributed by atoms with Crippen LogP contribution in [0, 0.1) is 0 Å². The lowest BCUT2D eigenvalue weighted by atomic mass is 9.91. The highest BCUT2D eigenvalue weighted by atomic mass is 16.5. The van der Waals surface area contributed by atoms with Crippen LogP contribution in [0.2, 0.25) is 0 Å². The van der Waals surface area contributed by atoms with Crippen molar-refractivity contribution in [3.63, 3.8) is 0 Å². The van der Waals surface area contributed by atoms with E-state index in [4.69, 9.17) is 0 Å². The van der Waals surface area contributed by atoms with Gasteiger partial charge in [0, 0.05) is 6.42 Å². The molecular formula is C9H18O4. The van der Waals surface area contributed by atoms with E-state index in [2.05, 4.69) is 4.74 Å². The van der Waals surface area contributed by atoms with Crippen LogP contribution in [0.25, 0.3) is 0 Å². The summed E-state index contributed by atoms with van der Waals surface area (Å²) in [5.41, 5.74) is -2.70. The highest BCUT2D eigenvalue weighted by Gasteiger charge is 2.37. The molecule has 0 saturated heterocycles. The van der Waals surface area contributed by atoms with E-state index in [-0.39, 0.29) is 13.0 Å². The van der Waals surface area contributed by atoms with Crippen molar-refractivity contribution >= 4 is 5.97 Å². The second kappa shape index (κ2) is 4.07. The van der Waals surface area contributed by atoms with E-state index < -0.39 is 17.2 Å². The topological polar surface area (TPSA) is 66.8 Å². The molecule has 0 radical (unpaired) electrons. The Morgan fingerprint density at radius 2 is 1.77 bits per heavy atom. The third-order valence-electron chi connectivity index (χ3n) is 1.49. The zero-order chi connectivity index (χ0) is 10.7. The van der Waals surface area contributed by atoms with Gasteiger partial charge in [-0.2, -0.15) is 0 Å². The molecular weight excluding hydrogens is 172 g/mol. The van der Waals surface area contributed by atoms with Crippen LogP contribution in [-0.2, 0) is 9.53 Å². The van der Waals surface area contributed by atoms with E-state index in [1.807, 2.05) is 0 Å². The smallest absolute Gasteiger partial charge is 0.337 e. The quantitative estimate of drug-likeness (QED) is 0.632. The Morgan fingerprint density at radius 1 is 1.31 bits per heavy atom. The van der Waals surface area contributed by atoms with E-state index in [1.54, 1.807) is 6.92 Å². The molecule has 1 atom stereocenters. The van der Waals surface area contributed by atoms with Gasteiger partial charge in [-0.15, -0.1) is 0 Å². The number of hydrogen-bond donors (Lipinski definition) is 2. The number of esters is 1. The molecule has 0 heterocycles. The average Bonchev–Trinajstić information content (AvgIpc) is 1.82. The van der Waals surface area contributed by atoms with Crippen LogP contribution in [-0.4, -0.2) is 34.0 Å². The summed E-state index contributed by atoms with van der Waals surface area (Å²) in [6.45, 7) is 6.28. The van der Waals surface area contributed by atoms with Gasteiger partial charge in [-0.25, -0.2) is 4.79 Å². The molecule has 4 nitrogen and oxygen atoms in total. The van der Waals surface area contributed by atoms with Crippen molar-refractivity contribution in [2.24, 2.45) is 0 Å². The molecule has 0 bridgehead atoms. The minimum atomic E-state index is -1.62. The number of carbonyl (C=O) groups excluding carboxylic acids is 1. The predicted octanol–water partition coefficient (Wildman–Crippen LogP) is 0.462. The van der Waals surface area contributed by atoms with Crippen LogP contribution in [0.1, 0.15) is 34.1 Å². The molecule has 0 aromatic carbocycles. The second-order valence-corrected chi connectivity index (χ2v) is 3.98. The van der Waals surface area contributed by atoms with Crippen molar-refractivity contribution in [2.75, 3.05) is 6.61 Å². The van der Waals surface area contributed by atoms with Gasteiger partial charge in [0.05, 0.1) is 12.2 Å². The molecule has 0 aromatic heterocycles. The fourth-order valence-electron chi connectivity index (χ4n) is 1.20. The first-order valence-electron chi connectivity index (χ1n) is 4.31. The van der Waals surface area contributed by atoms with Gasteiger partial charge in [0.1, 0.15) is 0 Å². The van der Waals surface area contributed by atoms with Gasteiger partial charge >= 0.3 is 5.97 Å². The fraction of sp³-hybridized carbons (Fsp3) is 0.889. The predicted molar refractivity (Wildman–Crippen MR) is 48.2 cm³/mol. The molecule has 0 rings (SSSR count). The van der Waals surface area contributed by atoms with Crippen molar-refractivity contribution < 1.29 is 19.7 Å². The SMILES string of the molecule is CCOC(=O)C(C)(O)CC(C)(C)O. The van der Waals surface area contributed by atoms with E-state index in [1.165, 1.54) is 20.8 Å². The summed E-state index contributed by atoms with van der Waals surface area (Å²) in [6, 6.07) is 0. The maximum absolute atomic E-state index is 11.2. The Morgan fingerprint density at radius 3 is 2.08 bits per heavy atom. The Hall–Kier alpha value is -0.610. The molecule has 78 valence electrons. The van der Waals surface area contributed by atoms with Crippen LogP contribution in [0.4, 0.5) is 0 Å². The van der Waals surface area contributed by atoms with Crippen LogP contribution in [0.3, 0.4) is 0 Å². The summed E-state index contributed by atoms with van der Waals surface area (Å²) in [5.74, 6) is -0.697. The fourth-order valence-corrected chi connectivity index (χ4v) is 1.20. The monoisotopic (exact) mass is 190 g/mol. The normalized spacial score (nSPS) is 16.5. The maximum Gasteiger partial charge on any atom is 0.337 e. The van der Waals surface area contributed by atoms with Crippen LogP contribution >= 0.6 is 0 Å². The molecule has 0 spiro atoms. The molecule has 0 aromatic rings. The van der Waals surface area contributed by atoms with Gasteiger partial charge in [0.2, 0.25) is 0 Å². The molecule has 0 aliphatic rings. The van der Waals surface area contributed by atoms with Crippen LogP contribution < -0.4 is 0 Å². The van der Waals surface area contributed by atoms with Gasteiger partial charge in [-0.05, 0) is 27.7 Å². The summed E-state index contributed by atoms with van der Waals surface area (Å²) in [5, 5.41) is 19.0. The molecule has 4 heteroatoms. The second-order valence-electron chi connectivity index (χ2n) is 3.98. The first-order valence-corrected chi connectivity index (χ1v) is 4.31. The zero-order valence-electron chi connectivity index (χ0n) is 8.63. The van der Waals surface area contributed by atoms with Gasteiger partial charge in [0.25, 0.3) is 0 Å². The standard InChI is InChI=1S/C9H18O4/c1-5-13-7(10)9(4,12)6-8(2,3)11/h11-12H,5-6H2,1-4H3. The van der Waals surface area contributed by atoms with E-state index in [0.717, 1.165) is 0 Å². The van der Waals surface area contributed by atoms with Crippen LogP contribution in [0.5, 0.6) is 0 Å². The Labute approximate surface area is 78.5 Å². The Balaban J connectivity index is 4.30. The number of rotatable bonds is 4. The molecule has 1 unspecified atom stereocenters. The van der Waals surface area contributed by atoms with Crippen molar-refractivity contribution in [3.8, 4) is 0 Å². The van der Waals surface area contributed by atoms with Crippen molar-refractivity contribution in [1.29, 1.82) is 0 Å². The summed E-state index contributed by atoms with van der Waals surface area (Å²) >= 11 is 0. The first kappa shape index (κ1) is 12.4. The molecule has 0 aliphatic heterocycles. The number of aliphatic hydroxyl groups is 2. The first-order chi connectivity index (χ1) is 5.69. The number of ether oxygens (including phenoxy) is 1. The largest absolute Gasteiger partial charge is 0.464 e.